The average molecular weight is 494 g/mol. The molecule has 1 aromatic rings. The van der Waals surface area contributed by atoms with Crippen molar-refractivity contribution >= 4 is 17.7 Å². The summed E-state index contributed by atoms with van der Waals surface area (Å²) in [5.74, 6) is 1.51. The molecular weight excluding hydrogens is 454 g/mol. The highest BCUT2D eigenvalue weighted by Crippen LogP contribution is 2.66. The Labute approximate surface area is 213 Å². The number of fused-ring (bicyclic) bond motifs is 5. The predicted octanol–water partition coefficient (Wildman–Crippen LogP) is 4.74. The van der Waals surface area contributed by atoms with E-state index in [1.165, 1.54) is 12.7 Å². The van der Waals surface area contributed by atoms with Crippen molar-refractivity contribution in [1.82, 2.24) is 5.32 Å². The van der Waals surface area contributed by atoms with Crippen LogP contribution in [-0.4, -0.2) is 35.9 Å². The highest BCUT2D eigenvalue weighted by Gasteiger charge is 2.60. The molecule has 0 aliphatic heterocycles. The van der Waals surface area contributed by atoms with E-state index >= 15 is 0 Å². The maximum absolute atomic E-state index is 13.7. The fraction of sp³-hybridized carbons (Fsp3) is 0.633. The molecule has 6 nitrogen and oxygen atoms in total. The van der Waals surface area contributed by atoms with Crippen molar-refractivity contribution in [2.24, 2.45) is 34.5 Å². The number of rotatable bonds is 5. The number of ether oxygens (including phenoxy) is 1. The zero-order chi connectivity index (χ0) is 25.7. The largest absolute Gasteiger partial charge is 0.508 e. The molecule has 3 saturated carbocycles. The highest BCUT2D eigenvalue weighted by molar-refractivity contribution is 5.91. The summed E-state index contributed by atoms with van der Waals surface area (Å²) >= 11 is 0. The number of benzene rings is 1. The Morgan fingerprint density at radius 2 is 1.81 bits per heavy atom. The first kappa shape index (κ1) is 25.0. The molecule has 2 unspecified atom stereocenters. The van der Waals surface area contributed by atoms with Crippen molar-refractivity contribution in [1.29, 1.82) is 0 Å². The van der Waals surface area contributed by atoms with Gasteiger partial charge in [-0.25, -0.2) is 4.79 Å². The van der Waals surface area contributed by atoms with Crippen molar-refractivity contribution in [2.75, 3.05) is 7.11 Å². The second kappa shape index (κ2) is 9.35. The molecule has 7 atom stereocenters. The Hall–Kier alpha value is -2.63. The van der Waals surface area contributed by atoms with Crippen LogP contribution in [-0.2, 0) is 25.5 Å². The molecule has 0 heterocycles. The van der Waals surface area contributed by atoms with Crippen LogP contribution in [0.4, 0.5) is 0 Å². The summed E-state index contributed by atoms with van der Waals surface area (Å²) in [5, 5.41) is 12.6. The van der Waals surface area contributed by atoms with Gasteiger partial charge >= 0.3 is 5.97 Å². The van der Waals surface area contributed by atoms with Crippen LogP contribution in [0.3, 0.4) is 0 Å². The molecule has 0 aromatic heterocycles. The standard InChI is InChI=1S/C30H39NO5/c1-29-14-12-21(33)17-19(29)6-9-22-23-10-11-25(30(23,2)15-13-24(22)29)27(34)31-26(28(35)36-3)16-18-4-7-20(32)8-5-18/h4-5,7-8,17,22-26,32H,6,9-16H2,1-3H3,(H,31,34)/t22-,23-,24+,25?,26?,29-,30-/m0/s1. The number of amides is 1. The number of methoxy groups -OCH3 is 1. The van der Waals surface area contributed by atoms with Gasteiger partial charge in [-0.2, -0.15) is 0 Å². The van der Waals surface area contributed by atoms with Gasteiger partial charge in [0.15, 0.2) is 5.78 Å². The summed E-state index contributed by atoms with van der Waals surface area (Å²) < 4.78 is 5.01. The van der Waals surface area contributed by atoms with Crippen molar-refractivity contribution in [3.8, 4) is 5.75 Å². The first-order valence-electron chi connectivity index (χ1n) is 13.6. The van der Waals surface area contributed by atoms with Gasteiger partial charge in [-0.1, -0.05) is 31.6 Å². The van der Waals surface area contributed by atoms with Crippen LogP contribution in [0.2, 0.25) is 0 Å². The Morgan fingerprint density at radius 1 is 1.06 bits per heavy atom. The van der Waals surface area contributed by atoms with E-state index in [2.05, 4.69) is 19.2 Å². The second-order valence-electron chi connectivity index (χ2n) is 12.1. The zero-order valence-electron chi connectivity index (χ0n) is 21.7. The lowest BCUT2D eigenvalue weighted by molar-refractivity contribution is -0.146. The summed E-state index contributed by atoms with van der Waals surface area (Å²) in [5.41, 5.74) is 2.27. The first-order chi connectivity index (χ1) is 17.2. The first-order valence-corrected chi connectivity index (χ1v) is 13.6. The lowest BCUT2D eigenvalue weighted by Gasteiger charge is -2.58. The predicted molar refractivity (Wildman–Crippen MR) is 136 cm³/mol. The monoisotopic (exact) mass is 493 g/mol. The topological polar surface area (TPSA) is 92.7 Å². The Morgan fingerprint density at radius 3 is 2.53 bits per heavy atom. The third-order valence-electron chi connectivity index (χ3n) is 10.5. The number of phenols is 1. The van der Waals surface area contributed by atoms with Crippen molar-refractivity contribution in [2.45, 2.75) is 77.7 Å². The smallest absolute Gasteiger partial charge is 0.328 e. The van der Waals surface area contributed by atoms with Crippen LogP contribution < -0.4 is 5.32 Å². The molecule has 3 fully saturated rings. The Bertz CT molecular complexity index is 1080. The van der Waals surface area contributed by atoms with E-state index in [4.69, 9.17) is 4.74 Å². The summed E-state index contributed by atoms with van der Waals surface area (Å²) in [6, 6.07) is 5.93. The fourth-order valence-corrected chi connectivity index (χ4v) is 8.47. The van der Waals surface area contributed by atoms with Crippen LogP contribution in [0.1, 0.15) is 70.8 Å². The molecule has 0 saturated heterocycles. The second-order valence-corrected chi connectivity index (χ2v) is 12.1. The van der Waals surface area contributed by atoms with Crippen LogP contribution in [0.5, 0.6) is 5.75 Å². The summed E-state index contributed by atoms with van der Waals surface area (Å²) in [6.45, 7) is 4.69. The molecular formula is C30H39NO5. The van der Waals surface area contributed by atoms with E-state index in [1.54, 1.807) is 24.3 Å². The van der Waals surface area contributed by atoms with Crippen molar-refractivity contribution in [3.05, 3.63) is 41.5 Å². The summed E-state index contributed by atoms with van der Waals surface area (Å²) in [4.78, 5) is 38.3. The minimum absolute atomic E-state index is 0.0431. The molecule has 36 heavy (non-hydrogen) atoms. The van der Waals surface area contributed by atoms with E-state index < -0.39 is 12.0 Å². The molecule has 4 aliphatic rings. The van der Waals surface area contributed by atoms with E-state index in [9.17, 15) is 19.5 Å². The fourth-order valence-electron chi connectivity index (χ4n) is 8.47. The van der Waals surface area contributed by atoms with Gasteiger partial charge in [-0.3, -0.25) is 9.59 Å². The van der Waals surface area contributed by atoms with Crippen LogP contribution in [0, 0.1) is 34.5 Å². The third kappa shape index (κ3) is 4.16. The average Bonchev–Trinajstić information content (AvgIpc) is 3.22. The zero-order valence-corrected chi connectivity index (χ0v) is 21.7. The van der Waals surface area contributed by atoms with Gasteiger partial charge in [0.2, 0.25) is 5.91 Å². The molecule has 4 aliphatic carbocycles. The number of carbonyl (C=O) groups excluding carboxylic acids is 3. The minimum atomic E-state index is -0.757. The number of carbonyl (C=O) groups is 3. The molecule has 5 rings (SSSR count). The molecule has 194 valence electrons. The maximum atomic E-state index is 13.7. The third-order valence-corrected chi connectivity index (χ3v) is 10.5. The number of hydrogen-bond acceptors (Lipinski definition) is 5. The number of ketones is 1. The van der Waals surface area contributed by atoms with E-state index in [0.29, 0.717) is 30.6 Å². The number of allylic oxidation sites excluding steroid dienone is 1. The maximum Gasteiger partial charge on any atom is 0.328 e. The van der Waals surface area contributed by atoms with Crippen molar-refractivity contribution in [3.63, 3.8) is 0 Å². The SMILES string of the molecule is COC(=O)C(Cc1ccc(O)cc1)NC(=O)C1CC[C@H]2[C@@H]3CCC4=CC(=O)CC[C@]4(C)[C@@H]3CC[C@]12C. The van der Waals surface area contributed by atoms with Gasteiger partial charge in [-0.05, 0) is 97.3 Å². The van der Waals surface area contributed by atoms with Crippen LogP contribution in [0.25, 0.3) is 0 Å². The van der Waals surface area contributed by atoms with Crippen molar-refractivity contribution < 1.29 is 24.2 Å². The Balaban J connectivity index is 1.32. The normalized spacial score (nSPS) is 36.1. The van der Waals surface area contributed by atoms with Gasteiger partial charge in [-0.15, -0.1) is 0 Å². The molecule has 0 spiro atoms. The number of phenolic OH excluding ortho intramolecular Hbond substituents is 1. The van der Waals surface area contributed by atoms with Gasteiger partial charge < -0.3 is 15.2 Å². The molecule has 0 radical (unpaired) electrons. The molecule has 6 heteroatoms. The van der Waals surface area contributed by atoms with Gasteiger partial charge in [0.25, 0.3) is 0 Å². The number of esters is 1. The molecule has 2 N–H and O–H groups in total. The van der Waals surface area contributed by atoms with Gasteiger partial charge in [0.1, 0.15) is 11.8 Å². The summed E-state index contributed by atoms with van der Waals surface area (Å²) in [6.07, 6.45) is 10.00. The quantitative estimate of drug-likeness (QED) is 0.578. The summed E-state index contributed by atoms with van der Waals surface area (Å²) in [7, 11) is 1.34. The number of nitrogens with one attached hydrogen (secondary N) is 1. The van der Waals surface area contributed by atoms with E-state index in [0.717, 1.165) is 50.5 Å². The molecule has 1 amide bonds. The van der Waals surface area contributed by atoms with Gasteiger partial charge in [0.05, 0.1) is 7.11 Å². The molecule has 1 aromatic carbocycles. The Kier molecular flexibility index (Phi) is 6.50. The van der Waals surface area contributed by atoms with E-state index in [1.807, 2.05) is 6.08 Å². The minimum Gasteiger partial charge on any atom is -0.508 e. The van der Waals surface area contributed by atoms with Crippen LogP contribution in [0.15, 0.2) is 35.9 Å². The highest BCUT2D eigenvalue weighted by atomic mass is 16.5. The lowest BCUT2D eigenvalue weighted by atomic mass is 9.47. The van der Waals surface area contributed by atoms with Crippen LogP contribution >= 0.6 is 0 Å². The number of aromatic hydroxyl groups is 1. The molecule has 0 bridgehead atoms. The number of hydrogen-bond donors (Lipinski definition) is 2. The van der Waals surface area contributed by atoms with E-state index in [-0.39, 0.29) is 34.2 Å². The lowest BCUT2D eigenvalue weighted by Crippen LogP contribution is -2.53. The van der Waals surface area contributed by atoms with Gasteiger partial charge in [0, 0.05) is 18.8 Å².